The molecule has 4 aromatic rings. The van der Waals surface area contributed by atoms with Gasteiger partial charge in [0.15, 0.2) is 11.4 Å². The third-order valence-electron chi connectivity index (χ3n) is 4.85. The van der Waals surface area contributed by atoms with Crippen molar-refractivity contribution in [3.8, 4) is 11.4 Å². The van der Waals surface area contributed by atoms with Crippen LogP contribution in [0.1, 0.15) is 17.4 Å². The highest BCUT2D eigenvalue weighted by Gasteiger charge is 2.23. The lowest BCUT2D eigenvalue weighted by molar-refractivity contribution is 0.0520. The molecule has 0 bridgehead atoms. The Bertz CT molecular complexity index is 1590. The third kappa shape index (κ3) is 4.19. The SMILES string of the molecule is CCOC(=O)c1[nH]n(-c2ccccc2)c(=O)c1N=Nc1c(O)cc(S(=O)(=O)O)c2ccccc12. The molecule has 4 rings (SSSR count). The van der Waals surface area contributed by atoms with Gasteiger partial charge in [-0.1, -0.05) is 42.5 Å². The standard InChI is InChI=1S/C22H18N4O7S/c1-2-33-22(29)20-19(21(28)26(25-20)13-8-4-3-5-9-13)24-23-18-15-11-7-6-10-14(15)17(12-16(18)27)34(30,31)32/h3-12,25,27H,2H2,1H3,(H,30,31,32). The first-order valence-corrected chi connectivity index (χ1v) is 11.4. The van der Waals surface area contributed by atoms with Crippen LogP contribution < -0.4 is 5.56 Å². The number of phenols is 1. The van der Waals surface area contributed by atoms with E-state index in [2.05, 4.69) is 15.3 Å². The van der Waals surface area contributed by atoms with Crippen molar-refractivity contribution in [3.63, 3.8) is 0 Å². The summed E-state index contributed by atoms with van der Waals surface area (Å²) < 4.78 is 39.1. The molecular weight excluding hydrogens is 464 g/mol. The number of aromatic nitrogens is 2. The van der Waals surface area contributed by atoms with Crippen molar-refractivity contribution in [2.75, 3.05) is 6.61 Å². The van der Waals surface area contributed by atoms with Gasteiger partial charge in [-0.3, -0.25) is 14.4 Å². The fourth-order valence-electron chi connectivity index (χ4n) is 3.36. The van der Waals surface area contributed by atoms with E-state index in [0.29, 0.717) is 5.69 Å². The van der Waals surface area contributed by atoms with Gasteiger partial charge in [-0.15, -0.1) is 10.2 Å². The molecule has 0 aliphatic rings. The molecule has 0 saturated carbocycles. The van der Waals surface area contributed by atoms with Crippen LogP contribution in [-0.4, -0.2) is 40.4 Å². The number of hydrogen-bond donors (Lipinski definition) is 3. The maximum atomic E-state index is 13.0. The van der Waals surface area contributed by atoms with Crippen LogP contribution in [0.25, 0.3) is 16.5 Å². The minimum Gasteiger partial charge on any atom is -0.506 e. The van der Waals surface area contributed by atoms with Gasteiger partial charge in [0.05, 0.1) is 12.3 Å². The number of para-hydroxylation sites is 1. The molecule has 1 heterocycles. The largest absolute Gasteiger partial charge is 0.506 e. The molecule has 12 heteroatoms. The number of H-pyrrole nitrogens is 1. The molecule has 3 aromatic carbocycles. The average Bonchev–Trinajstić information content (AvgIpc) is 3.14. The zero-order valence-electron chi connectivity index (χ0n) is 17.7. The average molecular weight is 482 g/mol. The number of azo groups is 1. The van der Waals surface area contributed by atoms with Crippen LogP contribution in [0.15, 0.2) is 80.6 Å². The van der Waals surface area contributed by atoms with Gasteiger partial charge >= 0.3 is 5.97 Å². The van der Waals surface area contributed by atoms with E-state index < -0.39 is 32.3 Å². The summed E-state index contributed by atoms with van der Waals surface area (Å²) in [6.07, 6.45) is 0. The second-order valence-corrected chi connectivity index (χ2v) is 8.39. The Morgan fingerprint density at radius 3 is 2.29 bits per heavy atom. The molecule has 0 aliphatic carbocycles. The number of phenolic OH excluding ortho intramolecular Hbond substituents is 1. The Hall–Kier alpha value is -4.29. The van der Waals surface area contributed by atoms with Crippen molar-refractivity contribution in [2.24, 2.45) is 10.2 Å². The van der Waals surface area contributed by atoms with E-state index in [4.69, 9.17) is 4.74 Å². The van der Waals surface area contributed by atoms with Crippen molar-refractivity contribution in [1.29, 1.82) is 0 Å². The topological polar surface area (TPSA) is 163 Å². The quantitative estimate of drug-likeness (QED) is 0.213. The minimum absolute atomic E-state index is 0.0521. The molecule has 3 N–H and O–H groups in total. The van der Waals surface area contributed by atoms with Crippen LogP contribution in [0.2, 0.25) is 0 Å². The number of aromatic hydroxyl groups is 1. The Morgan fingerprint density at radius 1 is 1.03 bits per heavy atom. The van der Waals surface area contributed by atoms with Crippen LogP contribution in [0.4, 0.5) is 11.4 Å². The zero-order valence-corrected chi connectivity index (χ0v) is 18.5. The summed E-state index contributed by atoms with van der Waals surface area (Å²) >= 11 is 0. The summed E-state index contributed by atoms with van der Waals surface area (Å²) in [5, 5.41) is 21.2. The molecule has 34 heavy (non-hydrogen) atoms. The number of ether oxygens (including phenoxy) is 1. The van der Waals surface area contributed by atoms with Crippen LogP contribution in [0.3, 0.4) is 0 Å². The number of carbonyl (C=O) groups excluding carboxylic acids is 1. The molecule has 0 saturated heterocycles. The number of aromatic amines is 1. The van der Waals surface area contributed by atoms with Crippen molar-refractivity contribution >= 4 is 38.2 Å². The Balaban J connectivity index is 1.91. The van der Waals surface area contributed by atoms with Gasteiger partial charge in [0.2, 0.25) is 0 Å². The van der Waals surface area contributed by atoms with Gasteiger partial charge in [-0.2, -0.15) is 8.42 Å². The van der Waals surface area contributed by atoms with Crippen LogP contribution >= 0.6 is 0 Å². The normalized spacial score (nSPS) is 11.8. The number of esters is 1. The molecule has 174 valence electrons. The molecule has 11 nitrogen and oxygen atoms in total. The zero-order chi connectivity index (χ0) is 24.5. The van der Waals surface area contributed by atoms with Gasteiger partial charge in [-0.05, 0) is 19.1 Å². The first-order valence-electron chi connectivity index (χ1n) is 9.94. The maximum absolute atomic E-state index is 13.0. The molecule has 0 amide bonds. The maximum Gasteiger partial charge on any atom is 0.358 e. The summed E-state index contributed by atoms with van der Waals surface area (Å²) in [6, 6.07) is 15.3. The molecule has 0 atom stereocenters. The number of benzene rings is 3. The van der Waals surface area contributed by atoms with E-state index in [0.717, 1.165) is 10.7 Å². The smallest absolute Gasteiger partial charge is 0.358 e. The van der Waals surface area contributed by atoms with Crippen molar-refractivity contribution in [2.45, 2.75) is 11.8 Å². The van der Waals surface area contributed by atoms with E-state index in [1.165, 1.54) is 12.1 Å². The summed E-state index contributed by atoms with van der Waals surface area (Å²) in [6.45, 7) is 1.66. The second-order valence-electron chi connectivity index (χ2n) is 7.00. The van der Waals surface area contributed by atoms with Gasteiger partial charge in [0.25, 0.3) is 15.7 Å². The molecule has 0 fully saturated rings. The summed E-state index contributed by atoms with van der Waals surface area (Å²) in [4.78, 5) is 25.0. The van der Waals surface area contributed by atoms with Crippen molar-refractivity contribution < 1.29 is 27.6 Å². The number of hydrogen-bond acceptors (Lipinski definition) is 8. The predicted octanol–water partition coefficient (Wildman–Crippen LogP) is 3.86. The van der Waals surface area contributed by atoms with Gasteiger partial charge < -0.3 is 9.84 Å². The lowest BCUT2D eigenvalue weighted by Crippen LogP contribution is -2.13. The van der Waals surface area contributed by atoms with E-state index in [9.17, 15) is 27.7 Å². The minimum atomic E-state index is -4.65. The van der Waals surface area contributed by atoms with Crippen molar-refractivity contribution in [1.82, 2.24) is 9.78 Å². The summed E-state index contributed by atoms with van der Waals surface area (Å²) in [7, 11) is -4.65. The van der Waals surface area contributed by atoms with Gasteiger partial charge in [-0.25, -0.2) is 9.48 Å². The van der Waals surface area contributed by atoms with E-state index in [1.54, 1.807) is 49.4 Å². The van der Waals surface area contributed by atoms with Crippen molar-refractivity contribution in [3.05, 3.63) is 76.7 Å². The van der Waals surface area contributed by atoms with E-state index in [1.807, 2.05) is 0 Å². The lowest BCUT2D eigenvalue weighted by atomic mass is 10.1. The Kier molecular flexibility index (Phi) is 6.01. The Morgan fingerprint density at radius 2 is 1.65 bits per heavy atom. The molecule has 0 spiro atoms. The first kappa shape index (κ1) is 22.9. The highest BCUT2D eigenvalue weighted by molar-refractivity contribution is 7.86. The van der Waals surface area contributed by atoms with Gasteiger partial charge in [0, 0.05) is 16.8 Å². The molecule has 1 aromatic heterocycles. The van der Waals surface area contributed by atoms with E-state index >= 15 is 0 Å². The second kappa shape index (κ2) is 8.92. The molecular formula is C22H18N4O7S. The van der Waals surface area contributed by atoms with Crippen LogP contribution in [0, 0.1) is 0 Å². The highest BCUT2D eigenvalue weighted by Crippen LogP contribution is 2.39. The number of carbonyl (C=O) groups is 1. The number of fused-ring (bicyclic) bond motifs is 1. The number of nitrogens with one attached hydrogen (secondary N) is 1. The van der Waals surface area contributed by atoms with Crippen LogP contribution in [0.5, 0.6) is 5.75 Å². The fraction of sp³-hybridized carbons (Fsp3) is 0.0909. The third-order valence-corrected chi connectivity index (χ3v) is 5.74. The first-order chi connectivity index (χ1) is 16.2. The van der Waals surface area contributed by atoms with Gasteiger partial charge in [0.1, 0.15) is 16.3 Å². The molecule has 0 radical (unpaired) electrons. The Labute approximate surface area is 192 Å². The highest BCUT2D eigenvalue weighted by atomic mass is 32.2. The monoisotopic (exact) mass is 482 g/mol. The lowest BCUT2D eigenvalue weighted by Gasteiger charge is -2.08. The van der Waals surface area contributed by atoms with Crippen LogP contribution in [-0.2, 0) is 14.9 Å². The fourth-order valence-corrected chi connectivity index (χ4v) is 4.07. The molecule has 0 aliphatic heterocycles. The number of nitrogens with zero attached hydrogens (tertiary/aromatic N) is 3. The number of rotatable bonds is 6. The summed E-state index contributed by atoms with van der Waals surface area (Å²) in [5.41, 5.74) is -1.05. The molecule has 0 unspecified atom stereocenters. The predicted molar refractivity (Wildman–Crippen MR) is 122 cm³/mol. The summed E-state index contributed by atoms with van der Waals surface area (Å²) in [5.74, 6) is -1.44. The van der Waals surface area contributed by atoms with E-state index in [-0.39, 0.29) is 34.4 Å².